The Balaban J connectivity index is 2.22. The van der Waals surface area contributed by atoms with Crippen molar-refractivity contribution < 1.29 is 8.42 Å². The third kappa shape index (κ3) is 3.18. The van der Waals surface area contributed by atoms with Crippen LogP contribution in [0.4, 0.5) is 0 Å². The summed E-state index contributed by atoms with van der Waals surface area (Å²) < 4.78 is 27.8. The van der Waals surface area contributed by atoms with Crippen molar-refractivity contribution in [1.82, 2.24) is 4.72 Å². The van der Waals surface area contributed by atoms with Crippen LogP contribution in [-0.2, 0) is 16.6 Å². The van der Waals surface area contributed by atoms with E-state index in [0.717, 1.165) is 24.1 Å². The molecule has 2 rings (SSSR count). The first-order valence-electron chi connectivity index (χ1n) is 6.65. The Hall–Kier alpha value is -0.430. The molecule has 1 atom stereocenters. The Morgan fingerprint density at radius 1 is 1.47 bits per heavy atom. The van der Waals surface area contributed by atoms with Gasteiger partial charge >= 0.3 is 0 Å². The molecule has 1 fully saturated rings. The van der Waals surface area contributed by atoms with Gasteiger partial charge in [-0.2, -0.15) is 0 Å². The molecule has 1 saturated carbocycles. The molecule has 3 N–H and O–H groups in total. The number of hydrogen-bond donors (Lipinski definition) is 2. The fraction of sp³-hybridized carbons (Fsp3) is 0.692. The maximum absolute atomic E-state index is 12.5. The van der Waals surface area contributed by atoms with Crippen molar-refractivity contribution in [2.45, 2.75) is 57.0 Å². The van der Waals surface area contributed by atoms with E-state index >= 15 is 0 Å². The molecule has 0 radical (unpaired) electrons. The van der Waals surface area contributed by atoms with Gasteiger partial charge in [0.15, 0.2) is 0 Å². The van der Waals surface area contributed by atoms with E-state index in [1.165, 1.54) is 17.8 Å². The summed E-state index contributed by atoms with van der Waals surface area (Å²) in [7, 11) is -3.45. The smallest absolute Gasteiger partial charge is 0.241 e. The fourth-order valence-electron chi connectivity index (χ4n) is 2.68. The minimum atomic E-state index is -3.45. The Labute approximate surface area is 119 Å². The molecule has 1 unspecified atom stereocenters. The van der Waals surface area contributed by atoms with E-state index in [-0.39, 0.29) is 18.0 Å². The second-order valence-electron chi connectivity index (χ2n) is 5.82. The van der Waals surface area contributed by atoms with Crippen molar-refractivity contribution in [2.24, 2.45) is 11.1 Å². The van der Waals surface area contributed by atoms with Gasteiger partial charge in [-0.3, -0.25) is 0 Å². The summed E-state index contributed by atoms with van der Waals surface area (Å²) in [6.07, 6.45) is 4.24. The number of nitrogens with two attached hydrogens (primary N) is 1. The van der Waals surface area contributed by atoms with Gasteiger partial charge in [0.25, 0.3) is 0 Å². The monoisotopic (exact) mass is 302 g/mol. The van der Waals surface area contributed by atoms with E-state index in [1.54, 1.807) is 11.4 Å². The van der Waals surface area contributed by atoms with Gasteiger partial charge in [0.05, 0.1) is 4.90 Å². The predicted molar refractivity (Wildman–Crippen MR) is 78.6 cm³/mol. The molecule has 0 aromatic carbocycles. The molecule has 1 aromatic heterocycles. The first-order chi connectivity index (χ1) is 8.87. The summed E-state index contributed by atoms with van der Waals surface area (Å²) in [6.45, 7) is 4.54. The van der Waals surface area contributed by atoms with Crippen molar-refractivity contribution >= 4 is 21.4 Å². The van der Waals surface area contributed by atoms with Gasteiger partial charge in [-0.25, -0.2) is 13.1 Å². The molecule has 19 heavy (non-hydrogen) atoms. The molecule has 0 amide bonds. The zero-order chi connectivity index (χ0) is 14.1. The Morgan fingerprint density at radius 3 is 2.84 bits per heavy atom. The minimum Gasteiger partial charge on any atom is -0.326 e. The van der Waals surface area contributed by atoms with Crippen LogP contribution in [0.3, 0.4) is 0 Å². The third-order valence-electron chi connectivity index (χ3n) is 3.98. The lowest BCUT2D eigenvalue weighted by Gasteiger charge is -2.38. The zero-order valence-corrected chi connectivity index (χ0v) is 13.1. The molecular formula is C13H22N2O2S2. The standard InChI is InChI=1S/C13H22N2O2S2/c1-13(2)7-4-3-5-12(13)15-19(16,17)11-6-8-18-10(11)9-14/h6,8,12,15H,3-5,7,9,14H2,1-2H3. The van der Waals surface area contributed by atoms with Crippen LogP contribution in [-0.4, -0.2) is 14.5 Å². The molecule has 1 aliphatic carbocycles. The van der Waals surface area contributed by atoms with E-state index in [9.17, 15) is 8.42 Å². The lowest BCUT2D eigenvalue weighted by atomic mass is 9.74. The van der Waals surface area contributed by atoms with Gasteiger partial charge in [0, 0.05) is 17.5 Å². The fourth-order valence-corrected chi connectivity index (χ4v) is 5.46. The van der Waals surface area contributed by atoms with E-state index < -0.39 is 10.0 Å². The molecule has 1 aromatic rings. The molecule has 4 nitrogen and oxygen atoms in total. The lowest BCUT2D eigenvalue weighted by Crippen LogP contribution is -2.46. The third-order valence-corrected chi connectivity index (χ3v) is 6.61. The SMILES string of the molecule is CC1(C)CCCCC1NS(=O)(=O)c1ccsc1CN. The minimum absolute atomic E-state index is 0.0109. The largest absolute Gasteiger partial charge is 0.326 e. The first kappa shape index (κ1) is 15.0. The van der Waals surface area contributed by atoms with Crippen molar-refractivity contribution in [2.75, 3.05) is 0 Å². The topological polar surface area (TPSA) is 72.2 Å². The Bertz CT molecular complexity index is 535. The maximum Gasteiger partial charge on any atom is 0.241 e. The second kappa shape index (κ2) is 5.52. The number of rotatable bonds is 4. The van der Waals surface area contributed by atoms with Crippen LogP contribution in [0, 0.1) is 5.41 Å². The highest BCUT2D eigenvalue weighted by Gasteiger charge is 2.35. The highest BCUT2D eigenvalue weighted by Crippen LogP contribution is 2.36. The van der Waals surface area contributed by atoms with E-state index in [2.05, 4.69) is 18.6 Å². The summed E-state index contributed by atoms with van der Waals surface area (Å²) in [6, 6.07) is 1.65. The molecule has 108 valence electrons. The van der Waals surface area contributed by atoms with Crippen molar-refractivity contribution in [3.63, 3.8) is 0 Å². The number of nitrogens with one attached hydrogen (secondary N) is 1. The van der Waals surface area contributed by atoms with Crippen molar-refractivity contribution in [1.29, 1.82) is 0 Å². The highest BCUT2D eigenvalue weighted by atomic mass is 32.2. The average Bonchev–Trinajstić information content (AvgIpc) is 2.80. The quantitative estimate of drug-likeness (QED) is 0.897. The number of sulfonamides is 1. The maximum atomic E-state index is 12.5. The van der Waals surface area contributed by atoms with Crippen LogP contribution in [0.1, 0.15) is 44.4 Å². The van der Waals surface area contributed by atoms with Gasteiger partial charge in [-0.15, -0.1) is 11.3 Å². The molecule has 0 saturated heterocycles. The molecular weight excluding hydrogens is 280 g/mol. The van der Waals surface area contributed by atoms with Gasteiger partial charge in [0.1, 0.15) is 0 Å². The number of hydrogen-bond acceptors (Lipinski definition) is 4. The van der Waals surface area contributed by atoms with E-state index in [4.69, 9.17) is 5.73 Å². The van der Waals surface area contributed by atoms with Crippen LogP contribution in [0.5, 0.6) is 0 Å². The highest BCUT2D eigenvalue weighted by molar-refractivity contribution is 7.89. The van der Waals surface area contributed by atoms with Gasteiger partial charge in [-0.1, -0.05) is 26.7 Å². The molecule has 0 aliphatic heterocycles. The van der Waals surface area contributed by atoms with Crippen LogP contribution >= 0.6 is 11.3 Å². The van der Waals surface area contributed by atoms with Gasteiger partial charge < -0.3 is 5.73 Å². The van der Waals surface area contributed by atoms with E-state index in [0.29, 0.717) is 4.90 Å². The van der Waals surface area contributed by atoms with Crippen molar-refractivity contribution in [3.8, 4) is 0 Å². The predicted octanol–water partition coefficient (Wildman–Crippen LogP) is 2.45. The summed E-state index contributed by atoms with van der Waals surface area (Å²) in [5.41, 5.74) is 5.61. The van der Waals surface area contributed by atoms with Crippen LogP contribution in [0.2, 0.25) is 0 Å². The zero-order valence-electron chi connectivity index (χ0n) is 11.5. The Kier molecular flexibility index (Phi) is 4.35. The normalized spacial score (nSPS) is 23.4. The average molecular weight is 302 g/mol. The molecule has 1 aliphatic rings. The molecule has 6 heteroatoms. The van der Waals surface area contributed by atoms with E-state index in [1.807, 2.05) is 0 Å². The molecule has 1 heterocycles. The summed E-state index contributed by atoms with van der Waals surface area (Å²) in [5.74, 6) is 0. The van der Waals surface area contributed by atoms with Crippen LogP contribution < -0.4 is 10.5 Å². The van der Waals surface area contributed by atoms with Gasteiger partial charge in [-0.05, 0) is 29.7 Å². The molecule has 0 bridgehead atoms. The lowest BCUT2D eigenvalue weighted by molar-refractivity contribution is 0.188. The second-order valence-corrected chi connectivity index (χ2v) is 8.50. The number of thiophene rings is 1. The van der Waals surface area contributed by atoms with Crippen molar-refractivity contribution in [3.05, 3.63) is 16.3 Å². The first-order valence-corrected chi connectivity index (χ1v) is 9.02. The van der Waals surface area contributed by atoms with Crippen LogP contribution in [0.25, 0.3) is 0 Å². The summed E-state index contributed by atoms with van der Waals surface area (Å²) in [4.78, 5) is 1.07. The summed E-state index contributed by atoms with van der Waals surface area (Å²) >= 11 is 1.39. The summed E-state index contributed by atoms with van der Waals surface area (Å²) in [5, 5.41) is 1.78. The van der Waals surface area contributed by atoms with Gasteiger partial charge in [0.2, 0.25) is 10.0 Å². The molecule has 0 spiro atoms. The van der Waals surface area contributed by atoms with Crippen LogP contribution in [0.15, 0.2) is 16.3 Å². The Morgan fingerprint density at radius 2 is 2.21 bits per heavy atom.